The molecule has 0 aromatic heterocycles. The lowest BCUT2D eigenvalue weighted by Crippen LogP contribution is -2.50. The van der Waals surface area contributed by atoms with Crippen LogP contribution in [-0.2, 0) is 4.79 Å². The maximum atomic E-state index is 13.2. The molecule has 1 saturated heterocycles. The van der Waals surface area contributed by atoms with Crippen molar-refractivity contribution in [3.05, 3.63) is 65.0 Å². The van der Waals surface area contributed by atoms with Crippen molar-refractivity contribution in [1.82, 2.24) is 10.2 Å². The van der Waals surface area contributed by atoms with Gasteiger partial charge in [-0.05, 0) is 61.6 Å². The van der Waals surface area contributed by atoms with E-state index in [1.807, 2.05) is 4.90 Å². The number of nitrogen functional groups attached to an aromatic ring is 1. The van der Waals surface area contributed by atoms with Crippen LogP contribution in [0.25, 0.3) is 6.08 Å². The topological polar surface area (TPSA) is 109 Å². The summed E-state index contributed by atoms with van der Waals surface area (Å²) in [6.07, 6.45) is 6.35. The predicted octanol–water partition coefficient (Wildman–Crippen LogP) is 3.38. The van der Waals surface area contributed by atoms with Gasteiger partial charge in [-0.1, -0.05) is 18.2 Å². The zero-order valence-electron chi connectivity index (χ0n) is 18.5. The van der Waals surface area contributed by atoms with Crippen LogP contribution in [0.1, 0.15) is 47.2 Å². The summed E-state index contributed by atoms with van der Waals surface area (Å²) in [5, 5.41) is 11.4. The molecule has 2 aromatic rings. The van der Waals surface area contributed by atoms with E-state index in [1.54, 1.807) is 30.3 Å². The van der Waals surface area contributed by atoms with E-state index >= 15 is 0 Å². The minimum atomic E-state index is -0.857. The summed E-state index contributed by atoms with van der Waals surface area (Å²) in [6, 6.07) is 8.95. The molecule has 1 saturated carbocycles. The van der Waals surface area contributed by atoms with Crippen LogP contribution >= 0.6 is 0 Å². The molecule has 2 aliphatic rings. The van der Waals surface area contributed by atoms with Gasteiger partial charge in [0.05, 0.1) is 23.9 Å². The van der Waals surface area contributed by atoms with Crippen LogP contribution in [-0.4, -0.2) is 48.2 Å². The first kappa shape index (κ1) is 22.5. The van der Waals surface area contributed by atoms with Crippen molar-refractivity contribution in [2.45, 2.75) is 31.2 Å². The predicted molar refractivity (Wildman–Crippen MR) is 125 cm³/mol. The normalized spacial score (nSPS) is 16.6. The Bertz CT molecular complexity index is 1120. The number of hydrogen-bond acceptors (Lipinski definition) is 5. The maximum Gasteiger partial charge on any atom is 0.255 e. The highest BCUT2D eigenvalue weighted by Gasteiger charge is 2.53. The third-order valence-electron chi connectivity index (χ3n) is 6.13. The molecule has 2 aromatic carbocycles. The minimum absolute atomic E-state index is 0.0297. The van der Waals surface area contributed by atoms with Crippen LogP contribution in [0.3, 0.4) is 0 Å². The maximum absolute atomic E-state index is 13.2. The van der Waals surface area contributed by atoms with E-state index in [0.717, 1.165) is 25.9 Å². The van der Waals surface area contributed by atoms with Gasteiger partial charge in [0.25, 0.3) is 5.91 Å². The zero-order chi connectivity index (χ0) is 23.6. The van der Waals surface area contributed by atoms with Gasteiger partial charge in [-0.3, -0.25) is 9.59 Å². The van der Waals surface area contributed by atoms with E-state index in [4.69, 9.17) is 15.9 Å². The number of likely N-dealkylation sites (tertiary alicyclic amines) is 1. The Morgan fingerprint density at radius 1 is 1.15 bits per heavy atom. The summed E-state index contributed by atoms with van der Waals surface area (Å²) in [5.41, 5.74) is 6.79. The molecule has 2 fully saturated rings. The van der Waals surface area contributed by atoms with Gasteiger partial charge in [-0.2, -0.15) is 0 Å². The van der Waals surface area contributed by atoms with E-state index in [1.165, 1.54) is 25.3 Å². The van der Waals surface area contributed by atoms with E-state index in [2.05, 4.69) is 5.32 Å². The second kappa shape index (κ2) is 9.05. The molecule has 2 amide bonds. The van der Waals surface area contributed by atoms with Crippen LogP contribution in [0.5, 0.6) is 5.75 Å². The summed E-state index contributed by atoms with van der Waals surface area (Å²) in [7, 11) is 1.41. The molecular formula is C25H27FN4O3. The number of allylic oxidation sites excluding steroid dienone is 1. The molecule has 33 heavy (non-hydrogen) atoms. The second-order valence-electron chi connectivity index (χ2n) is 8.44. The van der Waals surface area contributed by atoms with Crippen molar-refractivity contribution in [3.63, 3.8) is 0 Å². The number of nitrogens with zero attached hydrogens (tertiary/aromatic N) is 1. The minimum Gasteiger partial charge on any atom is -0.495 e. The standard InChI is InChI=1S/C25H27FN4O3/c1-33-22-18(23(31)29-25(12-13-25)24(32)30-14-2-3-15-30)9-11-20(28)21(22)19(27)10-6-16-4-7-17(26)8-5-16/h4-11,27H,2-3,12-15,28H2,1H3,(H,29,31)/b10-6+,27-19?. The molecule has 0 atom stereocenters. The highest BCUT2D eigenvalue weighted by Crippen LogP contribution is 2.39. The third kappa shape index (κ3) is 4.60. The molecule has 7 nitrogen and oxygen atoms in total. The van der Waals surface area contributed by atoms with Crippen LogP contribution in [0.2, 0.25) is 0 Å². The van der Waals surface area contributed by atoms with Crippen molar-refractivity contribution >= 4 is 29.3 Å². The Kier molecular flexibility index (Phi) is 6.18. The first-order valence-corrected chi connectivity index (χ1v) is 11.0. The number of nitrogens with one attached hydrogen (secondary N) is 2. The van der Waals surface area contributed by atoms with Gasteiger partial charge in [-0.25, -0.2) is 4.39 Å². The number of nitrogens with two attached hydrogens (primary N) is 1. The highest BCUT2D eigenvalue weighted by atomic mass is 19.1. The fraction of sp³-hybridized carbons (Fsp3) is 0.320. The number of ether oxygens (including phenoxy) is 1. The Morgan fingerprint density at radius 2 is 1.82 bits per heavy atom. The van der Waals surface area contributed by atoms with Crippen LogP contribution in [0.4, 0.5) is 10.1 Å². The number of rotatable bonds is 7. The van der Waals surface area contributed by atoms with Crippen molar-refractivity contribution < 1.29 is 18.7 Å². The fourth-order valence-corrected chi connectivity index (χ4v) is 4.13. The molecular weight excluding hydrogens is 423 g/mol. The number of carbonyl (C=O) groups is 2. The van der Waals surface area contributed by atoms with Gasteiger partial charge < -0.3 is 26.1 Å². The van der Waals surface area contributed by atoms with Gasteiger partial charge in [0.2, 0.25) is 5.91 Å². The Morgan fingerprint density at radius 3 is 2.42 bits per heavy atom. The molecule has 4 N–H and O–H groups in total. The molecule has 1 aliphatic heterocycles. The summed E-state index contributed by atoms with van der Waals surface area (Å²) < 4.78 is 18.6. The average Bonchev–Trinajstić information content (AvgIpc) is 3.38. The SMILES string of the molecule is COc1c(C(=O)NC2(C(=O)N3CCCC3)CC2)ccc(N)c1C(=N)/C=C/c1ccc(F)cc1. The molecule has 0 bridgehead atoms. The number of benzene rings is 2. The van der Waals surface area contributed by atoms with E-state index in [-0.39, 0.29) is 40.0 Å². The van der Waals surface area contributed by atoms with E-state index in [9.17, 15) is 14.0 Å². The average molecular weight is 451 g/mol. The van der Waals surface area contributed by atoms with Gasteiger partial charge in [0, 0.05) is 18.8 Å². The fourth-order valence-electron chi connectivity index (χ4n) is 4.13. The van der Waals surface area contributed by atoms with E-state index in [0.29, 0.717) is 18.4 Å². The lowest BCUT2D eigenvalue weighted by atomic mass is 10.00. The lowest BCUT2D eigenvalue weighted by molar-refractivity contribution is -0.133. The first-order chi connectivity index (χ1) is 15.8. The quantitative estimate of drug-likeness (QED) is 0.444. The Hall–Kier alpha value is -3.68. The first-order valence-electron chi connectivity index (χ1n) is 11.0. The summed E-state index contributed by atoms with van der Waals surface area (Å²) in [6.45, 7) is 1.45. The van der Waals surface area contributed by atoms with Crippen molar-refractivity contribution in [3.8, 4) is 5.75 Å². The number of hydrogen-bond donors (Lipinski definition) is 3. The van der Waals surface area contributed by atoms with Crippen molar-refractivity contribution in [2.24, 2.45) is 0 Å². The largest absolute Gasteiger partial charge is 0.495 e. The Balaban J connectivity index is 1.57. The molecule has 0 spiro atoms. The molecule has 1 aliphatic carbocycles. The molecule has 4 rings (SSSR count). The summed E-state index contributed by atoms with van der Waals surface area (Å²) in [4.78, 5) is 27.9. The smallest absolute Gasteiger partial charge is 0.255 e. The monoisotopic (exact) mass is 450 g/mol. The van der Waals surface area contributed by atoms with Gasteiger partial charge >= 0.3 is 0 Å². The third-order valence-corrected chi connectivity index (χ3v) is 6.13. The summed E-state index contributed by atoms with van der Waals surface area (Å²) >= 11 is 0. The van der Waals surface area contributed by atoms with Crippen molar-refractivity contribution in [2.75, 3.05) is 25.9 Å². The number of methoxy groups -OCH3 is 1. The molecule has 8 heteroatoms. The van der Waals surface area contributed by atoms with Gasteiger partial charge in [0.1, 0.15) is 17.1 Å². The number of anilines is 1. The number of carbonyl (C=O) groups excluding carboxylic acids is 2. The highest BCUT2D eigenvalue weighted by molar-refractivity contribution is 6.16. The Labute approximate surface area is 191 Å². The molecule has 0 radical (unpaired) electrons. The van der Waals surface area contributed by atoms with Crippen LogP contribution in [0.15, 0.2) is 42.5 Å². The lowest BCUT2D eigenvalue weighted by Gasteiger charge is -2.24. The van der Waals surface area contributed by atoms with Gasteiger partial charge in [0.15, 0.2) is 0 Å². The van der Waals surface area contributed by atoms with E-state index < -0.39 is 11.4 Å². The molecule has 1 heterocycles. The van der Waals surface area contributed by atoms with Gasteiger partial charge in [-0.15, -0.1) is 0 Å². The molecule has 172 valence electrons. The molecule has 0 unspecified atom stereocenters. The zero-order valence-corrected chi connectivity index (χ0v) is 18.5. The summed E-state index contributed by atoms with van der Waals surface area (Å²) in [5.74, 6) is -0.638. The number of amides is 2. The van der Waals surface area contributed by atoms with Crippen molar-refractivity contribution in [1.29, 1.82) is 5.41 Å². The number of halogens is 1. The van der Waals surface area contributed by atoms with Crippen LogP contribution < -0.4 is 15.8 Å². The second-order valence-corrected chi connectivity index (χ2v) is 8.44. The van der Waals surface area contributed by atoms with Crippen LogP contribution in [0, 0.1) is 11.2 Å².